The Bertz CT molecular complexity index is 887. The molecule has 1 aliphatic heterocycles. The maximum atomic E-state index is 6.49. The molecule has 0 bridgehead atoms. The lowest BCUT2D eigenvalue weighted by atomic mass is 9.76. The molecule has 0 unspecified atom stereocenters. The van der Waals surface area contributed by atoms with Crippen LogP contribution in [0.3, 0.4) is 0 Å². The van der Waals surface area contributed by atoms with Crippen LogP contribution in [0.5, 0.6) is 0 Å². The van der Waals surface area contributed by atoms with E-state index in [9.17, 15) is 0 Å². The van der Waals surface area contributed by atoms with Gasteiger partial charge in [0.1, 0.15) is 0 Å². The van der Waals surface area contributed by atoms with Gasteiger partial charge in [-0.2, -0.15) is 0 Å². The van der Waals surface area contributed by atoms with E-state index in [1.165, 1.54) is 59.8 Å². The molecule has 128 valence electrons. The van der Waals surface area contributed by atoms with Gasteiger partial charge in [-0.15, -0.1) is 0 Å². The smallest absolute Gasteiger partial charge is 0.0954 e. The number of nitrogens with zero attached hydrogens (tertiary/aromatic N) is 1. The van der Waals surface area contributed by atoms with Crippen molar-refractivity contribution >= 4 is 10.9 Å². The van der Waals surface area contributed by atoms with E-state index >= 15 is 0 Å². The minimum Gasteiger partial charge on any atom is -0.370 e. The van der Waals surface area contributed by atoms with Gasteiger partial charge < -0.3 is 9.30 Å². The van der Waals surface area contributed by atoms with Crippen LogP contribution < -0.4 is 0 Å². The first-order chi connectivity index (χ1) is 12.4. The molecule has 1 aromatic heterocycles. The molecular weight excluding hydrogens is 306 g/mol. The summed E-state index contributed by atoms with van der Waals surface area (Å²) in [5.41, 5.74) is 5.72. The fourth-order valence-corrected chi connectivity index (χ4v) is 5.00. The fraction of sp³-hybridized carbons (Fsp3) is 0.391. The van der Waals surface area contributed by atoms with Gasteiger partial charge in [0.25, 0.3) is 0 Å². The SMILES string of the molecule is c1ccc(Cn2c3c(c4ccccc42)C2(CCCCC2)OCC3)cc1. The normalized spacial score (nSPS) is 19.2. The van der Waals surface area contributed by atoms with Crippen LogP contribution in [0.2, 0.25) is 0 Å². The average molecular weight is 331 g/mol. The van der Waals surface area contributed by atoms with Crippen molar-refractivity contribution in [1.82, 2.24) is 4.57 Å². The number of ether oxygens (including phenoxy) is 1. The molecule has 0 saturated heterocycles. The zero-order valence-corrected chi connectivity index (χ0v) is 14.7. The van der Waals surface area contributed by atoms with E-state index in [0.29, 0.717) is 0 Å². The Hall–Kier alpha value is -2.06. The van der Waals surface area contributed by atoms with Crippen molar-refractivity contribution < 1.29 is 4.74 Å². The van der Waals surface area contributed by atoms with Crippen LogP contribution in [0.15, 0.2) is 54.6 Å². The summed E-state index contributed by atoms with van der Waals surface area (Å²) in [4.78, 5) is 0. The van der Waals surface area contributed by atoms with Gasteiger partial charge in [-0.05, 0) is 24.5 Å². The number of para-hydroxylation sites is 1. The Morgan fingerprint density at radius 1 is 0.880 bits per heavy atom. The van der Waals surface area contributed by atoms with Crippen LogP contribution in [-0.2, 0) is 23.3 Å². The van der Waals surface area contributed by atoms with Crippen LogP contribution in [0, 0.1) is 0 Å². The Morgan fingerprint density at radius 3 is 2.48 bits per heavy atom. The number of aromatic nitrogens is 1. The third-order valence-electron chi connectivity index (χ3n) is 6.10. The Balaban J connectivity index is 1.71. The molecule has 0 N–H and O–H groups in total. The molecule has 2 nitrogen and oxygen atoms in total. The molecule has 2 aromatic carbocycles. The number of rotatable bonds is 2. The third-order valence-corrected chi connectivity index (χ3v) is 6.10. The van der Waals surface area contributed by atoms with Gasteiger partial charge in [-0.25, -0.2) is 0 Å². The summed E-state index contributed by atoms with van der Waals surface area (Å²) in [6.45, 7) is 1.81. The van der Waals surface area contributed by atoms with Crippen LogP contribution >= 0.6 is 0 Å². The van der Waals surface area contributed by atoms with Crippen molar-refractivity contribution in [3.8, 4) is 0 Å². The zero-order chi connectivity index (χ0) is 16.7. The quantitative estimate of drug-likeness (QED) is 0.611. The van der Waals surface area contributed by atoms with E-state index in [1.807, 2.05) is 0 Å². The molecule has 5 rings (SSSR count). The molecule has 0 amide bonds. The maximum Gasteiger partial charge on any atom is 0.0954 e. The van der Waals surface area contributed by atoms with Gasteiger partial charge in [0.2, 0.25) is 0 Å². The summed E-state index contributed by atoms with van der Waals surface area (Å²) in [7, 11) is 0. The highest BCUT2D eigenvalue weighted by Crippen LogP contribution is 2.48. The molecular formula is C23H25NO. The van der Waals surface area contributed by atoms with E-state index < -0.39 is 0 Å². The minimum absolute atomic E-state index is 0.0344. The van der Waals surface area contributed by atoms with E-state index in [0.717, 1.165) is 19.6 Å². The summed E-state index contributed by atoms with van der Waals surface area (Å²) in [6.07, 6.45) is 7.32. The second kappa shape index (κ2) is 6.03. The lowest BCUT2D eigenvalue weighted by molar-refractivity contribution is -0.0844. The first kappa shape index (κ1) is 15.2. The predicted octanol–water partition coefficient (Wildman–Crippen LogP) is 5.42. The molecule has 1 fully saturated rings. The van der Waals surface area contributed by atoms with Crippen LogP contribution in [-0.4, -0.2) is 11.2 Å². The second-order valence-electron chi connectivity index (χ2n) is 7.56. The van der Waals surface area contributed by atoms with Crippen molar-refractivity contribution in [2.24, 2.45) is 0 Å². The highest BCUT2D eigenvalue weighted by atomic mass is 16.5. The summed E-state index contributed by atoms with van der Waals surface area (Å²) >= 11 is 0. The van der Waals surface area contributed by atoms with Gasteiger partial charge in [0.05, 0.1) is 12.2 Å². The monoisotopic (exact) mass is 331 g/mol. The minimum atomic E-state index is -0.0344. The van der Waals surface area contributed by atoms with Crippen molar-refractivity contribution in [3.63, 3.8) is 0 Å². The number of fused-ring (bicyclic) bond motifs is 4. The summed E-state index contributed by atoms with van der Waals surface area (Å²) in [5.74, 6) is 0. The first-order valence-electron chi connectivity index (χ1n) is 9.66. The Morgan fingerprint density at radius 2 is 1.64 bits per heavy atom. The van der Waals surface area contributed by atoms with Gasteiger partial charge in [0.15, 0.2) is 0 Å². The zero-order valence-electron chi connectivity index (χ0n) is 14.7. The van der Waals surface area contributed by atoms with E-state index in [1.54, 1.807) is 0 Å². The molecule has 0 atom stereocenters. The predicted molar refractivity (Wildman–Crippen MR) is 102 cm³/mol. The van der Waals surface area contributed by atoms with Gasteiger partial charge in [0, 0.05) is 35.1 Å². The molecule has 1 saturated carbocycles. The topological polar surface area (TPSA) is 14.2 Å². The largest absolute Gasteiger partial charge is 0.370 e. The van der Waals surface area contributed by atoms with Gasteiger partial charge in [-0.1, -0.05) is 67.8 Å². The lowest BCUT2D eigenvalue weighted by Crippen LogP contribution is -2.37. The highest BCUT2D eigenvalue weighted by molar-refractivity contribution is 5.87. The molecule has 1 aliphatic carbocycles. The van der Waals surface area contributed by atoms with Crippen molar-refractivity contribution in [2.75, 3.05) is 6.61 Å². The Labute approximate surface area is 149 Å². The lowest BCUT2D eigenvalue weighted by Gasteiger charge is -2.41. The van der Waals surface area contributed by atoms with Crippen molar-refractivity contribution in [1.29, 1.82) is 0 Å². The second-order valence-corrected chi connectivity index (χ2v) is 7.56. The molecule has 2 aliphatic rings. The number of benzene rings is 2. The number of hydrogen-bond acceptors (Lipinski definition) is 1. The third kappa shape index (κ3) is 2.43. The molecule has 2 heteroatoms. The van der Waals surface area contributed by atoms with Gasteiger partial charge >= 0.3 is 0 Å². The van der Waals surface area contributed by atoms with Crippen molar-refractivity contribution in [2.45, 2.75) is 50.7 Å². The van der Waals surface area contributed by atoms with E-state index in [2.05, 4.69) is 59.2 Å². The molecule has 2 heterocycles. The molecule has 25 heavy (non-hydrogen) atoms. The first-order valence-corrected chi connectivity index (χ1v) is 9.66. The maximum absolute atomic E-state index is 6.49. The summed E-state index contributed by atoms with van der Waals surface area (Å²) in [6, 6.07) is 19.8. The van der Waals surface area contributed by atoms with Crippen LogP contribution in [0.1, 0.15) is 48.9 Å². The molecule has 1 spiro atoms. The highest BCUT2D eigenvalue weighted by Gasteiger charge is 2.42. The Kier molecular flexibility index (Phi) is 3.67. The summed E-state index contributed by atoms with van der Waals surface area (Å²) < 4.78 is 9.05. The fourth-order valence-electron chi connectivity index (χ4n) is 5.00. The molecule has 0 radical (unpaired) electrons. The standard InChI is InChI=1S/C23H25NO/c1-3-9-18(10-4-1)17-24-20-12-6-5-11-19(20)22-21(24)13-16-25-23(22)14-7-2-8-15-23/h1,3-6,9-12H,2,7-8,13-17H2. The van der Waals surface area contributed by atoms with Crippen LogP contribution in [0.25, 0.3) is 10.9 Å². The van der Waals surface area contributed by atoms with E-state index in [-0.39, 0.29) is 5.60 Å². The molecule has 3 aromatic rings. The van der Waals surface area contributed by atoms with Gasteiger partial charge in [-0.3, -0.25) is 0 Å². The average Bonchev–Trinajstić information content (AvgIpc) is 2.99. The van der Waals surface area contributed by atoms with Crippen LogP contribution in [0.4, 0.5) is 0 Å². The van der Waals surface area contributed by atoms with E-state index in [4.69, 9.17) is 4.74 Å². The van der Waals surface area contributed by atoms with Crippen molar-refractivity contribution in [3.05, 3.63) is 71.4 Å². The summed E-state index contributed by atoms with van der Waals surface area (Å²) in [5, 5.41) is 1.41. The number of hydrogen-bond donors (Lipinski definition) is 0.